The second-order valence-corrected chi connectivity index (χ2v) is 9.37. The van der Waals surface area contributed by atoms with Gasteiger partial charge in [-0.1, -0.05) is 23.2 Å². The van der Waals surface area contributed by atoms with Crippen molar-refractivity contribution in [3.8, 4) is 0 Å². The van der Waals surface area contributed by atoms with Crippen molar-refractivity contribution < 1.29 is 23.1 Å². The number of non-ortho nitro benzene ring substituents is 1. The Morgan fingerprint density at radius 1 is 0.941 bits per heavy atom. The van der Waals surface area contributed by atoms with E-state index in [0.29, 0.717) is 10.6 Å². The normalized spacial score (nSPS) is 11.0. The Labute approximate surface area is 202 Å². The Hall–Kier alpha value is -3.74. The van der Waals surface area contributed by atoms with E-state index in [-0.39, 0.29) is 27.6 Å². The zero-order valence-corrected chi connectivity index (χ0v) is 19.4. The number of aryl methyl sites for hydroxylation is 1. The fraction of sp³-hybridized carbons (Fsp3) is 0.0500. The number of carbonyl (C=O) groups is 1. The molecular formula is C20H14Cl2N4O7S. The van der Waals surface area contributed by atoms with Crippen molar-refractivity contribution in [3.05, 3.63) is 96.0 Å². The molecule has 0 bridgehead atoms. The van der Waals surface area contributed by atoms with E-state index >= 15 is 0 Å². The summed E-state index contributed by atoms with van der Waals surface area (Å²) < 4.78 is 28.0. The Balaban J connectivity index is 2.01. The van der Waals surface area contributed by atoms with Crippen LogP contribution in [-0.4, -0.2) is 24.2 Å². The molecule has 0 spiro atoms. The molecule has 0 aromatic heterocycles. The van der Waals surface area contributed by atoms with E-state index in [4.69, 9.17) is 23.2 Å². The van der Waals surface area contributed by atoms with Gasteiger partial charge in [0.2, 0.25) is 0 Å². The van der Waals surface area contributed by atoms with Gasteiger partial charge in [0.1, 0.15) is 0 Å². The zero-order valence-electron chi connectivity index (χ0n) is 17.1. The highest BCUT2D eigenvalue weighted by molar-refractivity contribution is 7.92. The number of benzene rings is 3. The molecule has 0 saturated heterocycles. The van der Waals surface area contributed by atoms with Crippen LogP contribution in [0.3, 0.4) is 0 Å². The van der Waals surface area contributed by atoms with Gasteiger partial charge in [0, 0.05) is 34.6 Å². The van der Waals surface area contributed by atoms with E-state index < -0.39 is 36.4 Å². The van der Waals surface area contributed by atoms with Crippen LogP contribution >= 0.6 is 23.2 Å². The number of rotatable bonds is 7. The highest BCUT2D eigenvalue weighted by Gasteiger charge is 2.30. The Bertz CT molecular complexity index is 1430. The second-order valence-electron chi connectivity index (χ2n) is 6.88. The fourth-order valence-electron chi connectivity index (χ4n) is 2.89. The van der Waals surface area contributed by atoms with E-state index in [1.165, 1.54) is 49.4 Å². The average Bonchev–Trinajstić information content (AvgIpc) is 2.75. The maximum absolute atomic E-state index is 12.9. The summed E-state index contributed by atoms with van der Waals surface area (Å²) in [7, 11) is -4.52. The number of carbonyl (C=O) groups excluding carboxylic acids is 1. The summed E-state index contributed by atoms with van der Waals surface area (Å²) in [4.78, 5) is 32.9. The van der Waals surface area contributed by atoms with E-state index in [1.54, 1.807) is 0 Å². The largest absolute Gasteiger partial charge is 0.322 e. The Morgan fingerprint density at radius 3 is 2.15 bits per heavy atom. The SMILES string of the molecule is Cc1cc([N+](=O)[O-])ccc1NC(=O)c1cc(S(=O)(=O)Nc2ccc(Cl)cc2)c([N+](=O)[O-])cc1Cl. The molecule has 14 heteroatoms. The predicted octanol–water partition coefficient (Wildman–Crippen LogP) is 5.17. The first-order valence-corrected chi connectivity index (χ1v) is 11.5. The fourth-order valence-corrected chi connectivity index (χ4v) is 4.50. The second kappa shape index (κ2) is 9.63. The molecule has 11 nitrogen and oxygen atoms in total. The molecule has 34 heavy (non-hydrogen) atoms. The molecule has 0 radical (unpaired) electrons. The third-order valence-corrected chi connectivity index (χ3v) is 6.52. The lowest BCUT2D eigenvalue weighted by Crippen LogP contribution is -2.18. The number of nitrogens with one attached hydrogen (secondary N) is 2. The van der Waals surface area contributed by atoms with Crippen LogP contribution in [0.4, 0.5) is 22.7 Å². The monoisotopic (exact) mass is 524 g/mol. The highest BCUT2D eigenvalue weighted by Crippen LogP contribution is 2.33. The first kappa shape index (κ1) is 24.9. The zero-order chi connectivity index (χ0) is 25.2. The minimum Gasteiger partial charge on any atom is -0.322 e. The van der Waals surface area contributed by atoms with Crippen molar-refractivity contribution >= 4 is 61.9 Å². The molecule has 0 heterocycles. The van der Waals surface area contributed by atoms with Gasteiger partial charge in [0.15, 0.2) is 4.90 Å². The molecule has 0 fully saturated rings. The summed E-state index contributed by atoms with van der Waals surface area (Å²) in [5.41, 5.74) is -0.741. The molecule has 2 N–H and O–H groups in total. The van der Waals surface area contributed by atoms with Gasteiger partial charge in [0.05, 0.1) is 20.4 Å². The summed E-state index contributed by atoms with van der Waals surface area (Å²) in [6, 6.07) is 10.8. The van der Waals surface area contributed by atoms with Crippen LogP contribution in [0, 0.1) is 27.2 Å². The van der Waals surface area contributed by atoms with Gasteiger partial charge >= 0.3 is 0 Å². The number of amides is 1. The number of sulfonamides is 1. The van der Waals surface area contributed by atoms with E-state index in [0.717, 1.165) is 12.1 Å². The van der Waals surface area contributed by atoms with Crippen LogP contribution in [-0.2, 0) is 10.0 Å². The van der Waals surface area contributed by atoms with Crippen LogP contribution in [0.5, 0.6) is 0 Å². The van der Waals surface area contributed by atoms with Gasteiger partial charge in [-0.15, -0.1) is 0 Å². The first-order valence-electron chi connectivity index (χ1n) is 9.22. The summed E-state index contributed by atoms with van der Waals surface area (Å²) in [5.74, 6) is -0.875. The molecular weight excluding hydrogens is 511 g/mol. The van der Waals surface area contributed by atoms with Gasteiger partial charge in [-0.25, -0.2) is 8.42 Å². The summed E-state index contributed by atoms with van der Waals surface area (Å²) in [6.07, 6.45) is 0. The van der Waals surface area contributed by atoms with Gasteiger partial charge in [-0.05, 0) is 48.9 Å². The third-order valence-electron chi connectivity index (χ3n) is 4.54. The lowest BCUT2D eigenvalue weighted by Gasteiger charge is -2.13. The van der Waals surface area contributed by atoms with Crippen molar-refractivity contribution in [2.24, 2.45) is 0 Å². The molecule has 0 atom stereocenters. The van der Waals surface area contributed by atoms with Crippen LogP contribution < -0.4 is 10.0 Å². The average molecular weight is 525 g/mol. The van der Waals surface area contributed by atoms with Crippen molar-refractivity contribution in [2.45, 2.75) is 11.8 Å². The smallest absolute Gasteiger partial charge is 0.291 e. The molecule has 0 aliphatic rings. The van der Waals surface area contributed by atoms with Gasteiger partial charge < -0.3 is 5.32 Å². The highest BCUT2D eigenvalue weighted by atomic mass is 35.5. The van der Waals surface area contributed by atoms with E-state index in [1.807, 2.05) is 0 Å². The minimum atomic E-state index is -4.52. The van der Waals surface area contributed by atoms with Gasteiger partial charge in [-0.2, -0.15) is 0 Å². The lowest BCUT2D eigenvalue weighted by atomic mass is 10.1. The number of nitrogens with zero attached hydrogens (tertiary/aromatic N) is 2. The number of halogens is 2. The summed E-state index contributed by atoms with van der Waals surface area (Å²) >= 11 is 11.8. The van der Waals surface area contributed by atoms with Gasteiger partial charge in [0.25, 0.3) is 27.3 Å². The molecule has 3 aromatic carbocycles. The van der Waals surface area contributed by atoms with Crippen LogP contribution in [0.1, 0.15) is 15.9 Å². The standard InChI is InChI=1S/C20H14Cl2N4O7S/c1-11-8-14(25(28)29)6-7-17(11)23-20(27)15-9-19(18(26(30)31)10-16(15)22)34(32,33)24-13-4-2-12(21)3-5-13/h2-10,24H,1H3,(H,23,27). The number of hydrogen-bond acceptors (Lipinski definition) is 7. The molecule has 0 aliphatic heterocycles. The number of hydrogen-bond donors (Lipinski definition) is 2. The summed E-state index contributed by atoms with van der Waals surface area (Å²) in [5, 5.41) is 24.9. The molecule has 0 aliphatic carbocycles. The molecule has 3 rings (SSSR count). The number of nitro groups is 2. The first-order chi connectivity index (χ1) is 15.9. The van der Waals surface area contributed by atoms with Crippen molar-refractivity contribution in [3.63, 3.8) is 0 Å². The van der Waals surface area contributed by atoms with Crippen molar-refractivity contribution in [2.75, 3.05) is 10.0 Å². The molecule has 3 aromatic rings. The number of nitro benzene ring substituents is 2. The van der Waals surface area contributed by atoms with Gasteiger partial charge in [-0.3, -0.25) is 29.7 Å². The lowest BCUT2D eigenvalue weighted by molar-refractivity contribution is -0.387. The van der Waals surface area contributed by atoms with Crippen LogP contribution in [0.2, 0.25) is 10.0 Å². The third kappa shape index (κ3) is 5.42. The summed E-state index contributed by atoms with van der Waals surface area (Å²) in [6.45, 7) is 1.52. The molecule has 0 unspecified atom stereocenters. The van der Waals surface area contributed by atoms with Crippen LogP contribution in [0.15, 0.2) is 59.5 Å². The topological polar surface area (TPSA) is 162 Å². The Kier molecular flexibility index (Phi) is 7.05. The molecule has 1 amide bonds. The van der Waals surface area contributed by atoms with E-state index in [2.05, 4.69) is 10.0 Å². The maximum atomic E-state index is 12.9. The van der Waals surface area contributed by atoms with Crippen molar-refractivity contribution in [1.82, 2.24) is 0 Å². The maximum Gasteiger partial charge on any atom is 0.291 e. The molecule has 176 valence electrons. The Morgan fingerprint density at radius 2 is 1.59 bits per heavy atom. The quantitative estimate of drug-likeness (QED) is 0.318. The van der Waals surface area contributed by atoms with Crippen LogP contribution in [0.25, 0.3) is 0 Å². The number of anilines is 2. The van der Waals surface area contributed by atoms with Crippen molar-refractivity contribution in [1.29, 1.82) is 0 Å². The molecule has 0 saturated carbocycles. The predicted molar refractivity (Wildman–Crippen MR) is 126 cm³/mol. The minimum absolute atomic E-state index is 0.0844. The van der Waals surface area contributed by atoms with E-state index in [9.17, 15) is 33.4 Å².